The Morgan fingerprint density at radius 2 is 1.85 bits per heavy atom. The SMILES string of the molecule is COc1cc2c(cc1OC)CN(C(=O)CSc1nc3sc(C)c(C)c3c(=O)n1C(C)C)CC2. The molecule has 1 aromatic carbocycles. The minimum Gasteiger partial charge on any atom is -0.493 e. The Labute approximate surface area is 201 Å². The second-order valence-corrected chi connectivity index (χ2v) is 10.6. The molecule has 0 unspecified atom stereocenters. The topological polar surface area (TPSA) is 73.7 Å². The van der Waals surface area contributed by atoms with Crippen molar-refractivity contribution in [3.05, 3.63) is 44.1 Å². The molecule has 0 radical (unpaired) electrons. The number of thiophene rings is 1. The molecule has 1 amide bonds. The number of amides is 1. The summed E-state index contributed by atoms with van der Waals surface area (Å²) in [6.45, 7) is 9.10. The third-order valence-corrected chi connectivity index (χ3v) is 8.15. The number of thioether (sulfide) groups is 1. The fourth-order valence-electron chi connectivity index (χ4n) is 4.16. The Morgan fingerprint density at radius 3 is 2.48 bits per heavy atom. The van der Waals surface area contributed by atoms with Crippen LogP contribution in [0.4, 0.5) is 0 Å². The minimum atomic E-state index is -0.0454. The third-order valence-electron chi connectivity index (χ3n) is 6.11. The molecule has 3 aromatic rings. The Bertz CT molecular complexity index is 1280. The highest BCUT2D eigenvalue weighted by Gasteiger charge is 2.24. The Kier molecular flexibility index (Phi) is 6.72. The van der Waals surface area contributed by atoms with Gasteiger partial charge in [-0.15, -0.1) is 11.3 Å². The zero-order valence-corrected chi connectivity index (χ0v) is 21.5. The van der Waals surface area contributed by atoms with Gasteiger partial charge in [0.05, 0.1) is 25.4 Å². The van der Waals surface area contributed by atoms with Crippen LogP contribution < -0.4 is 15.0 Å². The molecule has 33 heavy (non-hydrogen) atoms. The van der Waals surface area contributed by atoms with Crippen molar-refractivity contribution in [1.29, 1.82) is 0 Å². The fourth-order valence-corrected chi connectivity index (χ4v) is 6.26. The number of benzene rings is 1. The summed E-state index contributed by atoms with van der Waals surface area (Å²) in [6, 6.07) is 3.90. The lowest BCUT2D eigenvalue weighted by Gasteiger charge is -2.29. The molecule has 1 aliphatic rings. The normalized spacial score (nSPS) is 13.5. The van der Waals surface area contributed by atoms with E-state index < -0.39 is 0 Å². The van der Waals surface area contributed by atoms with Crippen molar-refractivity contribution < 1.29 is 14.3 Å². The van der Waals surface area contributed by atoms with Crippen molar-refractivity contribution in [2.45, 2.75) is 51.9 Å². The van der Waals surface area contributed by atoms with E-state index in [2.05, 4.69) is 0 Å². The number of carbonyl (C=O) groups is 1. The number of ether oxygens (including phenoxy) is 2. The standard InChI is InChI=1S/C24H29N3O4S2/c1-13(2)27-23(29)21-14(3)15(4)33-22(21)25-24(27)32-12-20(28)26-8-7-16-9-18(30-5)19(31-6)10-17(16)11-26/h9-10,13H,7-8,11-12H2,1-6H3. The molecule has 9 heteroatoms. The number of rotatable bonds is 6. The number of nitrogens with zero attached hydrogens (tertiary/aromatic N) is 3. The summed E-state index contributed by atoms with van der Waals surface area (Å²) in [5, 5.41) is 1.29. The first-order valence-corrected chi connectivity index (χ1v) is 12.7. The monoisotopic (exact) mass is 487 g/mol. The summed E-state index contributed by atoms with van der Waals surface area (Å²) in [5.74, 6) is 1.64. The zero-order valence-electron chi connectivity index (χ0n) is 19.9. The molecule has 0 fully saturated rings. The Morgan fingerprint density at radius 1 is 1.18 bits per heavy atom. The van der Waals surface area contributed by atoms with Crippen LogP contribution >= 0.6 is 23.1 Å². The molecule has 0 saturated heterocycles. The molecular weight excluding hydrogens is 458 g/mol. The van der Waals surface area contributed by atoms with E-state index in [1.807, 2.05) is 44.7 Å². The van der Waals surface area contributed by atoms with Gasteiger partial charge in [0.25, 0.3) is 5.56 Å². The van der Waals surface area contributed by atoms with Crippen LogP contribution in [-0.4, -0.2) is 46.9 Å². The molecule has 0 spiro atoms. The summed E-state index contributed by atoms with van der Waals surface area (Å²) in [5.41, 5.74) is 3.21. The Balaban J connectivity index is 1.55. The van der Waals surface area contributed by atoms with E-state index in [-0.39, 0.29) is 23.3 Å². The average Bonchev–Trinajstić information content (AvgIpc) is 3.09. The lowest BCUT2D eigenvalue weighted by Crippen LogP contribution is -2.37. The molecule has 3 heterocycles. The van der Waals surface area contributed by atoms with E-state index in [4.69, 9.17) is 14.5 Å². The molecular formula is C24H29N3O4S2. The Hall–Kier alpha value is -2.52. The molecule has 4 rings (SSSR count). The predicted octanol–water partition coefficient (Wildman–Crippen LogP) is 4.35. The van der Waals surface area contributed by atoms with Crippen LogP contribution in [0.1, 0.15) is 41.5 Å². The van der Waals surface area contributed by atoms with Gasteiger partial charge < -0.3 is 14.4 Å². The van der Waals surface area contributed by atoms with Crippen molar-refractivity contribution in [3.63, 3.8) is 0 Å². The van der Waals surface area contributed by atoms with E-state index in [0.29, 0.717) is 35.1 Å². The molecule has 7 nitrogen and oxygen atoms in total. The van der Waals surface area contributed by atoms with E-state index in [9.17, 15) is 9.59 Å². The molecule has 0 atom stereocenters. The highest BCUT2D eigenvalue weighted by molar-refractivity contribution is 7.99. The molecule has 0 N–H and O–H groups in total. The van der Waals surface area contributed by atoms with Gasteiger partial charge in [-0.25, -0.2) is 4.98 Å². The quantitative estimate of drug-likeness (QED) is 0.380. The molecule has 2 aromatic heterocycles. The van der Waals surface area contributed by atoms with Crippen LogP contribution in [0.3, 0.4) is 0 Å². The highest BCUT2D eigenvalue weighted by Crippen LogP contribution is 2.34. The first kappa shape index (κ1) is 23.6. The number of fused-ring (bicyclic) bond motifs is 2. The van der Waals surface area contributed by atoms with E-state index in [1.54, 1.807) is 18.8 Å². The van der Waals surface area contributed by atoms with Crippen LogP contribution in [0.5, 0.6) is 11.5 Å². The molecule has 0 aliphatic carbocycles. The van der Waals surface area contributed by atoms with Crippen LogP contribution in [-0.2, 0) is 17.8 Å². The predicted molar refractivity (Wildman–Crippen MR) is 133 cm³/mol. The van der Waals surface area contributed by atoms with Gasteiger partial charge in [0, 0.05) is 24.0 Å². The summed E-state index contributed by atoms with van der Waals surface area (Å²) < 4.78 is 12.5. The van der Waals surface area contributed by atoms with Gasteiger partial charge >= 0.3 is 0 Å². The average molecular weight is 488 g/mol. The maximum Gasteiger partial charge on any atom is 0.263 e. The molecule has 0 saturated carbocycles. The van der Waals surface area contributed by atoms with E-state index >= 15 is 0 Å². The zero-order chi connectivity index (χ0) is 23.9. The first-order chi connectivity index (χ1) is 15.7. The van der Waals surface area contributed by atoms with Gasteiger partial charge in [0.2, 0.25) is 5.91 Å². The van der Waals surface area contributed by atoms with Gasteiger partial charge in [-0.3, -0.25) is 14.2 Å². The maximum atomic E-state index is 13.2. The maximum absolute atomic E-state index is 13.2. The molecule has 1 aliphatic heterocycles. The molecule has 0 bridgehead atoms. The second-order valence-electron chi connectivity index (χ2n) is 8.46. The highest BCUT2D eigenvalue weighted by atomic mass is 32.2. The van der Waals surface area contributed by atoms with E-state index in [1.165, 1.54) is 28.7 Å². The van der Waals surface area contributed by atoms with E-state index in [0.717, 1.165) is 27.3 Å². The van der Waals surface area contributed by atoms with Crippen molar-refractivity contribution in [1.82, 2.24) is 14.5 Å². The van der Waals surface area contributed by atoms with Crippen LogP contribution in [0.25, 0.3) is 10.2 Å². The number of aryl methyl sites for hydroxylation is 2. The van der Waals surface area contributed by atoms with Gasteiger partial charge in [-0.2, -0.15) is 0 Å². The van der Waals surface area contributed by atoms with Crippen LogP contribution in [0.15, 0.2) is 22.1 Å². The van der Waals surface area contributed by atoms with Crippen LogP contribution in [0.2, 0.25) is 0 Å². The lowest BCUT2D eigenvalue weighted by molar-refractivity contribution is -0.129. The van der Waals surface area contributed by atoms with Crippen molar-refractivity contribution in [2.75, 3.05) is 26.5 Å². The fraction of sp³-hybridized carbons (Fsp3) is 0.458. The van der Waals surface area contributed by atoms with Crippen molar-refractivity contribution >= 4 is 39.2 Å². The summed E-state index contributed by atoms with van der Waals surface area (Å²) in [6.07, 6.45) is 0.765. The second kappa shape index (κ2) is 9.38. The smallest absolute Gasteiger partial charge is 0.263 e. The summed E-state index contributed by atoms with van der Waals surface area (Å²) in [7, 11) is 3.24. The summed E-state index contributed by atoms with van der Waals surface area (Å²) in [4.78, 5) is 34.8. The van der Waals surface area contributed by atoms with Crippen molar-refractivity contribution in [2.24, 2.45) is 0 Å². The van der Waals surface area contributed by atoms with Gasteiger partial charge in [0.15, 0.2) is 16.7 Å². The van der Waals surface area contributed by atoms with Crippen molar-refractivity contribution in [3.8, 4) is 11.5 Å². The largest absolute Gasteiger partial charge is 0.493 e. The first-order valence-electron chi connectivity index (χ1n) is 10.9. The number of carbonyl (C=O) groups excluding carboxylic acids is 1. The third kappa shape index (κ3) is 4.36. The number of methoxy groups -OCH3 is 2. The minimum absolute atomic E-state index is 0.0280. The van der Waals surface area contributed by atoms with Gasteiger partial charge in [-0.1, -0.05) is 11.8 Å². The van der Waals surface area contributed by atoms with Gasteiger partial charge in [-0.05, 0) is 62.9 Å². The van der Waals surface area contributed by atoms with Gasteiger partial charge in [0.1, 0.15) is 4.83 Å². The molecule has 176 valence electrons. The van der Waals surface area contributed by atoms with Crippen LogP contribution in [0, 0.1) is 13.8 Å². The number of hydrogen-bond donors (Lipinski definition) is 0. The lowest BCUT2D eigenvalue weighted by atomic mass is 9.99. The number of aromatic nitrogens is 2. The number of hydrogen-bond acceptors (Lipinski definition) is 7. The summed E-state index contributed by atoms with van der Waals surface area (Å²) >= 11 is 2.87.